The van der Waals surface area contributed by atoms with Crippen molar-refractivity contribution in [3.63, 3.8) is 0 Å². The van der Waals surface area contributed by atoms with Crippen LogP contribution < -0.4 is 5.14 Å². The van der Waals surface area contributed by atoms with Gasteiger partial charge < -0.3 is 4.90 Å². The summed E-state index contributed by atoms with van der Waals surface area (Å²) in [6, 6.07) is 2.08. The van der Waals surface area contributed by atoms with Gasteiger partial charge in [-0.05, 0) is 40.9 Å². The summed E-state index contributed by atoms with van der Waals surface area (Å²) < 4.78 is 36.3. The van der Waals surface area contributed by atoms with Gasteiger partial charge in [0.25, 0.3) is 5.91 Å². The second-order valence-electron chi connectivity index (χ2n) is 4.45. The highest BCUT2D eigenvalue weighted by Gasteiger charge is 2.31. The van der Waals surface area contributed by atoms with E-state index < -0.39 is 20.7 Å². The Morgan fingerprint density at radius 1 is 1.47 bits per heavy atom. The van der Waals surface area contributed by atoms with Crippen LogP contribution in [0.2, 0.25) is 0 Å². The van der Waals surface area contributed by atoms with E-state index in [0.717, 1.165) is 25.0 Å². The zero-order chi connectivity index (χ0) is 14.4. The van der Waals surface area contributed by atoms with Gasteiger partial charge in [-0.2, -0.15) is 0 Å². The highest BCUT2D eigenvalue weighted by atomic mass is 79.9. The Labute approximate surface area is 118 Å². The van der Waals surface area contributed by atoms with Gasteiger partial charge in [0.05, 0.1) is 5.56 Å². The number of sulfonamides is 1. The monoisotopic (exact) mass is 350 g/mol. The van der Waals surface area contributed by atoms with Crippen LogP contribution in [0.5, 0.6) is 0 Å². The van der Waals surface area contributed by atoms with Crippen LogP contribution in [0, 0.1) is 5.82 Å². The number of hydrogen-bond donors (Lipinski definition) is 1. The molecule has 1 amide bonds. The SMILES string of the molecule is CN(C(=O)c1cc(S(N)(=O)=O)c(F)cc1Br)C1CC1. The number of amides is 1. The van der Waals surface area contributed by atoms with E-state index in [9.17, 15) is 17.6 Å². The van der Waals surface area contributed by atoms with Crippen molar-refractivity contribution < 1.29 is 17.6 Å². The number of nitrogens with zero attached hydrogens (tertiary/aromatic N) is 1. The molecule has 8 heteroatoms. The van der Waals surface area contributed by atoms with Crippen molar-refractivity contribution in [2.75, 3.05) is 7.05 Å². The molecule has 0 heterocycles. The van der Waals surface area contributed by atoms with E-state index in [1.807, 2.05) is 0 Å². The fourth-order valence-electron chi connectivity index (χ4n) is 1.73. The van der Waals surface area contributed by atoms with E-state index in [4.69, 9.17) is 5.14 Å². The molecule has 0 radical (unpaired) electrons. The Kier molecular flexibility index (Phi) is 3.67. The van der Waals surface area contributed by atoms with Gasteiger partial charge in [-0.25, -0.2) is 17.9 Å². The third-order valence-electron chi connectivity index (χ3n) is 2.97. The minimum Gasteiger partial charge on any atom is -0.339 e. The first kappa shape index (κ1) is 14.4. The quantitative estimate of drug-likeness (QED) is 0.896. The molecular formula is C11H12BrFN2O3S. The van der Waals surface area contributed by atoms with Gasteiger partial charge >= 0.3 is 0 Å². The molecular weight excluding hydrogens is 339 g/mol. The molecule has 0 aromatic heterocycles. The maximum absolute atomic E-state index is 13.5. The van der Waals surface area contributed by atoms with E-state index in [1.54, 1.807) is 7.05 Å². The van der Waals surface area contributed by atoms with Crippen LogP contribution in [0.25, 0.3) is 0 Å². The van der Waals surface area contributed by atoms with E-state index >= 15 is 0 Å². The Balaban J connectivity index is 2.48. The van der Waals surface area contributed by atoms with Crippen LogP contribution >= 0.6 is 15.9 Å². The summed E-state index contributed by atoms with van der Waals surface area (Å²) >= 11 is 3.06. The fourth-order valence-corrected chi connectivity index (χ4v) is 2.83. The first-order chi connectivity index (χ1) is 8.71. The number of carbonyl (C=O) groups is 1. The smallest absolute Gasteiger partial charge is 0.255 e. The second-order valence-corrected chi connectivity index (χ2v) is 6.84. The van der Waals surface area contributed by atoms with E-state index in [1.165, 1.54) is 4.90 Å². The van der Waals surface area contributed by atoms with Gasteiger partial charge in [0, 0.05) is 17.6 Å². The van der Waals surface area contributed by atoms with E-state index in [0.29, 0.717) is 0 Å². The molecule has 1 aromatic carbocycles. The van der Waals surface area contributed by atoms with Crippen molar-refractivity contribution in [2.24, 2.45) is 5.14 Å². The fraction of sp³-hybridized carbons (Fsp3) is 0.364. The molecule has 0 spiro atoms. The molecule has 5 nitrogen and oxygen atoms in total. The number of carbonyl (C=O) groups excluding carboxylic acids is 1. The molecule has 0 unspecified atom stereocenters. The normalized spacial score (nSPS) is 15.4. The lowest BCUT2D eigenvalue weighted by atomic mass is 10.2. The standard InChI is InChI=1S/C11H12BrFN2O3S/c1-15(6-2-3-6)11(16)7-4-10(19(14,17)18)9(13)5-8(7)12/h4-6H,2-3H2,1H3,(H2,14,17,18). The lowest BCUT2D eigenvalue weighted by molar-refractivity contribution is 0.0784. The van der Waals surface area contributed by atoms with Crippen LogP contribution in [0.4, 0.5) is 4.39 Å². The molecule has 19 heavy (non-hydrogen) atoms. The highest BCUT2D eigenvalue weighted by Crippen LogP contribution is 2.30. The minimum atomic E-state index is -4.20. The second kappa shape index (κ2) is 4.84. The number of hydrogen-bond acceptors (Lipinski definition) is 3. The van der Waals surface area contributed by atoms with Gasteiger partial charge in [0.1, 0.15) is 10.7 Å². The molecule has 104 valence electrons. The first-order valence-electron chi connectivity index (χ1n) is 5.51. The average molecular weight is 351 g/mol. The third-order valence-corrected chi connectivity index (χ3v) is 4.56. The van der Waals surface area contributed by atoms with Gasteiger partial charge in [-0.15, -0.1) is 0 Å². The summed E-state index contributed by atoms with van der Waals surface area (Å²) in [5, 5.41) is 4.92. The minimum absolute atomic E-state index is 0.0832. The number of benzene rings is 1. The molecule has 2 rings (SSSR count). The zero-order valence-electron chi connectivity index (χ0n) is 10.1. The zero-order valence-corrected chi connectivity index (χ0v) is 12.5. The summed E-state index contributed by atoms with van der Waals surface area (Å²) in [5.41, 5.74) is 0.0832. The number of primary sulfonamides is 1. The van der Waals surface area contributed by atoms with E-state index in [2.05, 4.69) is 15.9 Å². The number of nitrogens with two attached hydrogens (primary N) is 1. The summed E-state index contributed by atoms with van der Waals surface area (Å²) in [4.78, 5) is 13.0. The maximum atomic E-state index is 13.5. The first-order valence-corrected chi connectivity index (χ1v) is 7.84. The van der Waals surface area contributed by atoms with Crippen molar-refractivity contribution in [3.05, 3.63) is 28.0 Å². The van der Waals surface area contributed by atoms with Crippen LogP contribution in [-0.2, 0) is 10.0 Å². The van der Waals surface area contributed by atoms with Gasteiger partial charge in [-0.1, -0.05) is 0 Å². The van der Waals surface area contributed by atoms with Crippen LogP contribution in [0.3, 0.4) is 0 Å². The third kappa shape index (κ3) is 2.96. The van der Waals surface area contributed by atoms with Crippen molar-refractivity contribution in [3.8, 4) is 0 Å². The Morgan fingerprint density at radius 3 is 2.53 bits per heavy atom. The van der Waals surface area contributed by atoms with Crippen LogP contribution in [0.15, 0.2) is 21.5 Å². The predicted octanol–water partition coefficient (Wildman–Crippen LogP) is 1.47. The molecule has 1 aromatic rings. The molecule has 0 aliphatic heterocycles. The molecule has 1 aliphatic carbocycles. The van der Waals surface area contributed by atoms with Crippen molar-refractivity contribution in [2.45, 2.75) is 23.8 Å². The lowest BCUT2D eigenvalue weighted by Crippen LogP contribution is -2.29. The molecule has 1 aliphatic rings. The summed E-state index contributed by atoms with van der Waals surface area (Å²) in [7, 11) is -2.57. The average Bonchev–Trinajstić information content (AvgIpc) is 3.09. The molecule has 1 saturated carbocycles. The Hall–Kier alpha value is -0.990. The van der Waals surface area contributed by atoms with Gasteiger partial charge in [-0.3, -0.25) is 4.79 Å². The van der Waals surface area contributed by atoms with Crippen LogP contribution in [-0.4, -0.2) is 32.3 Å². The highest BCUT2D eigenvalue weighted by molar-refractivity contribution is 9.10. The Morgan fingerprint density at radius 2 is 2.05 bits per heavy atom. The number of halogens is 2. The lowest BCUT2D eigenvalue weighted by Gasteiger charge is -2.17. The van der Waals surface area contributed by atoms with E-state index in [-0.39, 0.29) is 22.0 Å². The van der Waals surface area contributed by atoms with Crippen LogP contribution in [0.1, 0.15) is 23.2 Å². The van der Waals surface area contributed by atoms with Crippen molar-refractivity contribution in [1.29, 1.82) is 0 Å². The van der Waals surface area contributed by atoms with Crippen molar-refractivity contribution in [1.82, 2.24) is 4.90 Å². The van der Waals surface area contributed by atoms with Gasteiger partial charge in [0.2, 0.25) is 10.0 Å². The predicted molar refractivity (Wildman–Crippen MR) is 70.6 cm³/mol. The number of rotatable bonds is 3. The summed E-state index contributed by atoms with van der Waals surface area (Å²) in [6.45, 7) is 0. The molecule has 0 bridgehead atoms. The molecule has 2 N–H and O–H groups in total. The topological polar surface area (TPSA) is 80.5 Å². The molecule has 1 fully saturated rings. The van der Waals surface area contributed by atoms with Crippen molar-refractivity contribution >= 4 is 31.9 Å². The molecule has 0 atom stereocenters. The summed E-state index contributed by atoms with van der Waals surface area (Å²) in [6.07, 6.45) is 1.84. The van der Waals surface area contributed by atoms with Gasteiger partial charge in [0.15, 0.2) is 0 Å². The maximum Gasteiger partial charge on any atom is 0.255 e. The summed E-state index contributed by atoms with van der Waals surface area (Å²) in [5.74, 6) is -1.35. The Bertz CT molecular complexity index is 644. The molecule has 0 saturated heterocycles. The largest absolute Gasteiger partial charge is 0.339 e.